The van der Waals surface area contributed by atoms with Crippen LogP contribution in [0.25, 0.3) is 11.2 Å². The molecule has 0 radical (unpaired) electrons. The number of nitrogens with zero attached hydrogens (tertiary/aromatic N) is 3. The minimum absolute atomic E-state index is 0.224. The number of fused-ring (bicyclic) bond motifs is 1. The average molecular weight is 241 g/mol. The number of aromatic nitrogens is 4. The van der Waals surface area contributed by atoms with Crippen molar-refractivity contribution in [2.75, 3.05) is 5.73 Å². The Labute approximate surface area is 103 Å². The second-order valence-corrected chi connectivity index (χ2v) is 3.93. The molecule has 2 heterocycles. The van der Waals surface area contributed by atoms with Gasteiger partial charge in [-0.1, -0.05) is 18.2 Å². The molecule has 0 aliphatic rings. The van der Waals surface area contributed by atoms with Crippen LogP contribution >= 0.6 is 0 Å². The fourth-order valence-corrected chi connectivity index (χ4v) is 1.81. The van der Waals surface area contributed by atoms with Gasteiger partial charge in [-0.15, -0.1) is 0 Å². The SMILES string of the molecule is Nc1nc(Cc2ccccc2O)nc2nc[nH]c12. The fourth-order valence-electron chi connectivity index (χ4n) is 1.81. The van der Waals surface area contributed by atoms with Crippen LogP contribution in [0.2, 0.25) is 0 Å². The van der Waals surface area contributed by atoms with Gasteiger partial charge in [-0.05, 0) is 6.07 Å². The number of aromatic amines is 1. The van der Waals surface area contributed by atoms with Crippen LogP contribution in [-0.4, -0.2) is 25.0 Å². The molecule has 1 aromatic carbocycles. The van der Waals surface area contributed by atoms with Gasteiger partial charge in [0.1, 0.15) is 17.1 Å². The third-order valence-corrected chi connectivity index (χ3v) is 2.70. The maximum Gasteiger partial charge on any atom is 0.183 e. The minimum atomic E-state index is 0.224. The molecule has 18 heavy (non-hydrogen) atoms. The second-order valence-electron chi connectivity index (χ2n) is 3.93. The highest BCUT2D eigenvalue weighted by molar-refractivity contribution is 5.80. The molecule has 0 unspecified atom stereocenters. The van der Waals surface area contributed by atoms with Crippen molar-refractivity contribution in [3.05, 3.63) is 42.0 Å². The molecule has 90 valence electrons. The van der Waals surface area contributed by atoms with Crippen LogP contribution < -0.4 is 5.73 Å². The standard InChI is InChI=1S/C12H11N5O/c13-11-10-12(15-6-14-10)17-9(16-11)5-7-3-1-2-4-8(7)18/h1-4,6,18H,5H2,(H3,13,14,15,16,17). The lowest BCUT2D eigenvalue weighted by Crippen LogP contribution is -2.02. The highest BCUT2D eigenvalue weighted by Gasteiger charge is 2.09. The Bertz CT molecular complexity index is 707. The number of phenols is 1. The molecule has 3 rings (SSSR count). The summed E-state index contributed by atoms with van der Waals surface area (Å²) in [7, 11) is 0. The number of imidazole rings is 1. The first-order chi connectivity index (χ1) is 8.74. The monoisotopic (exact) mass is 241 g/mol. The van der Waals surface area contributed by atoms with Gasteiger partial charge in [0.25, 0.3) is 0 Å². The summed E-state index contributed by atoms with van der Waals surface area (Å²) in [5.74, 6) is 1.12. The van der Waals surface area contributed by atoms with E-state index in [1.54, 1.807) is 12.1 Å². The van der Waals surface area contributed by atoms with Gasteiger partial charge in [-0.25, -0.2) is 15.0 Å². The van der Waals surface area contributed by atoms with Crippen molar-refractivity contribution in [1.82, 2.24) is 19.9 Å². The zero-order valence-corrected chi connectivity index (χ0v) is 9.46. The molecule has 0 bridgehead atoms. The van der Waals surface area contributed by atoms with Gasteiger partial charge in [0, 0.05) is 12.0 Å². The molecule has 2 aromatic heterocycles. The number of hydrogen-bond acceptors (Lipinski definition) is 5. The van der Waals surface area contributed by atoms with Crippen molar-refractivity contribution < 1.29 is 5.11 Å². The predicted molar refractivity (Wildman–Crippen MR) is 67.0 cm³/mol. The molecule has 0 saturated carbocycles. The fraction of sp³-hybridized carbons (Fsp3) is 0.0833. The third kappa shape index (κ3) is 1.73. The highest BCUT2D eigenvalue weighted by atomic mass is 16.3. The van der Waals surface area contributed by atoms with E-state index in [2.05, 4.69) is 19.9 Å². The van der Waals surface area contributed by atoms with Crippen molar-refractivity contribution >= 4 is 17.0 Å². The average Bonchev–Trinajstić information content (AvgIpc) is 2.81. The largest absolute Gasteiger partial charge is 0.508 e. The number of benzene rings is 1. The summed E-state index contributed by atoms with van der Waals surface area (Å²) in [6.07, 6.45) is 1.94. The summed E-state index contributed by atoms with van der Waals surface area (Å²) in [5.41, 5.74) is 7.73. The van der Waals surface area contributed by atoms with Crippen LogP contribution in [0.1, 0.15) is 11.4 Å². The Morgan fingerprint density at radius 1 is 1.22 bits per heavy atom. The lowest BCUT2D eigenvalue weighted by molar-refractivity contribution is 0.469. The molecule has 0 fully saturated rings. The topological polar surface area (TPSA) is 101 Å². The molecule has 0 aliphatic carbocycles. The van der Waals surface area contributed by atoms with Gasteiger partial charge in [-0.2, -0.15) is 0 Å². The normalized spacial score (nSPS) is 10.9. The first kappa shape index (κ1) is 10.5. The van der Waals surface area contributed by atoms with Crippen molar-refractivity contribution in [2.45, 2.75) is 6.42 Å². The molecule has 4 N–H and O–H groups in total. The summed E-state index contributed by atoms with van der Waals surface area (Å²) < 4.78 is 0. The molecule has 0 amide bonds. The van der Waals surface area contributed by atoms with Crippen LogP contribution in [0.5, 0.6) is 5.75 Å². The van der Waals surface area contributed by atoms with Crippen molar-refractivity contribution in [1.29, 1.82) is 0 Å². The van der Waals surface area contributed by atoms with Crippen LogP contribution in [0.3, 0.4) is 0 Å². The molecule has 0 saturated heterocycles. The van der Waals surface area contributed by atoms with Gasteiger partial charge < -0.3 is 15.8 Å². The lowest BCUT2D eigenvalue weighted by atomic mass is 10.1. The van der Waals surface area contributed by atoms with E-state index in [9.17, 15) is 5.11 Å². The van der Waals surface area contributed by atoms with Crippen LogP contribution in [0, 0.1) is 0 Å². The number of hydrogen-bond donors (Lipinski definition) is 3. The predicted octanol–water partition coefficient (Wildman–Crippen LogP) is 1.23. The number of nitrogen functional groups attached to an aromatic ring is 1. The van der Waals surface area contributed by atoms with Crippen molar-refractivity contribution in [3.63, 3.8) is 0 Å². The van der Waals surface area contributed by atoms with Gasteiger partial charge in [-0.3, -0.25) is 0 Å². The summed E-state index contributed by atoms with van der Waals surface area (Å²) in [4.78, 5) is 15.4. The van der Waals surface area contributed by atoms with E-state index < -0.39 is 0 Å². The number of phenolic OH excluding ortho intramolecular Hbond substituents is 1. The summed E-state index contributed by atoms with van der Waals surface area (Å²) in [6, 6.07) is 7.08. The molecular weight excluding hydrogens is 230 g/mol. The Morgan fingerprint density at radius 3 is 2.89 bits per heavy atom. The Kier molecular flexibility index (Phi) is 2.33. The number of anilines is 1. The molecule has 0 atom stereocenters. The first-order valence-corrected chi connectivity index (χ1v) is 5.46. The van der Waals surface area contributed by atoms with E-state index in [1.807, 2.05) is 12.1 Å². The zero-order chi connectivity index (χ0) is 12.5. The summed E-state index contributed by atoms with van der Waals surface area (Å²) in [5, 5.41) is 9.71. The number of nitrogens with one attached hydrogen (secondary N) is 1. The molecular formula is C12H11N5O. The van der Waals surface area contributed by atoms with Gasteiger partial charge in [0.05, 0.1) is 6.33 Å². The van der Waals surface area contributed by atoms with E-state index in [4.69, 9.17) is 5.73 Å². The molecule has 6 heteroatoms. The first-order valence-electron chi connectivity index (χ1n) is 5.46. The van der Waals surface area contributed by atoms with E-state index in [0.29, 0.717) is 29.2 Å². The molecule has 0 spiro atoms. The van der Waals surface area contributed by atoms with E-state index >= 15 is 0 Å². The Morgan fingerprint density at radius 2 is 2.06 bits per heavy atom. The minimum Gasteiger partial charge on any atom is -0.508 e. The zero-order valence-electron chi connectivity index (χ0n) is 9.46. The lowest BCUT2D eigenvalue weighted by Gasteiger charge is -2.04. The number of H-pyrrole nitrogens is 1. The summed E-state index contributed by atoms with van der Waals surface area (Å²) in [6.45, 7) is 0. The van der Waals surface area contributed by atoms with Crippen LogP contribution in [0.15, 0.2) is 30.6 Å². The summed E-state index contributed by atoms with van der Waals surface area (Å²) >= 11 is 0. The second kappa shape index (κ2) is 3.99. The maximum absolute atomic E-state index is 9.71. The Hall–Kier alpha value is -2.63. The van der Waals surface area contributed by atoms with Crippen molar-refractivity contribution in [3.8, 4) is 5.75 Å². The van der Waals surface area contributed by atoms with E-state index in [1.165, 1.54) is 6.33 Å². The van der Waals surface area contributed by atoms with E-state index in [0.717, 1.165) is 5.56 Å². The molecule has 3 aromatic rings. The van der Waals surface area contributed by atoms with Gasteiger partial charge >= 0.3 is 0 Å². The number of aromatic hydroxyl groups is 1. The number of rotatable bonds is 2. The van der Waals surface area contributed by atoms with Crippen molar-refractivity contribution in [2.24, 2.45) is 0 Å². The van der Waals surface area contributed by atoms with E-state index in [-0.39, 0.29) is 5.75 Å². The molecule has 6 nitrogen and oxygen atoms in total. The Balaban J connectivity index is 2.02. The smallest absolute Gasteiger partial charge is 0.183 e. The van der Waals surface area contributed by atoms with Crippen LogP contribution in [0.4, 0.5) is 5.82 Å². The number of nitrogens with two attached hydrogens (primary N) is 1. The van der Waals surface area contributed by atoms with Crippen LogP contribution in [-0.2, 0) is 6.42 Å². The number of para-hydroxylation sites is 1. The molecule has 0 aliphatic heterocycles. The van der Waals surface area contributed by atoms with Gasteiger partial charge in [0.2, 0.25) is 0 Å². The quantitative estimate of drug-likeness (QED) is 0.626. The maximum atomic E-state index is 9.71. The van der Waals surface area contributed by atoms with Gasteiger partial charge in [0.15, 0.2) is 11.5 Å². The third-order valence-electron chi connectivity index (χ3n) is 2.70. The highest BCUT2D eigenvalue weighted by Crippen LogP contribution is 2.20.